The van der Waals surface area contributed by atoms with Crippen molar-refractivity contribution in [3.05, 3.63) is 163 Å². The SMILES string of the molecule is C=Cc1c(-c2ccccc2)ccc(-c2c(C=C)c(C=C)c(-c3ccc(/C(C=N)=C/C(=C)C)cc3)c3ccccc23)c1C=C. The summed E-state index contributed by atoms with van der Waals surface area (Å²) in [6, 6.07) is 31.6. The summed E-state index contributed by atoms with van der Waals surface area (Å²) in [5.41, 5.74) is 13.4. The zero-order chi connectivity index (χ0) is 30.5. The van der Waals surface area contributed by atoms with Crippen molar-refractivity contribution in [2.24, 2.45) is 0 Å². The van der Waals surface area contributed by atoms with Crippen LogP contribution in [0, 0.1) is 5.41 Å². The first kappa shape index (κ1) is 29.0. The molecule has 0 saturated heterocycles. The lowest BCUT2D eigenvalue weighted by Gasteiger charge is -2.23. The molecule has 0 aromatic heterocycles. The average molecular weight is 554 g/mol. The summed E-state index contributed by atoms with van der Waals surface area (Å²) < 4.78 is 0. The minimum Gasteiger partial charge on any atom is -0.308 e. The Balaban J connectivity index is 1.82. The smallest absolute Gasteiger partial charge is 0.0256 e. The third kappa shape index (κ3) is 5.29. The molecule has 0 aliphatic rings. The van der Waals surface area contributed by atoms with Gasteiger partial charge in [-0.1, -0.05) is 160 Å². The van der Waals surface area contributed by atoms with E-state index in [1.54, 1.807) is 0 Å². The van der Waals surface area contributed by atoms with Gasteiger partial charge < -0.3 is 5.41 Å². The molecule has 0 amide bonds. The number of fused-ring (bicyclic) bond motifs is 1. The number of benzene rings is 5. The molecule has 0 fully saturated rings. The van der Waals surface area contributed by atoms with Gasteiger partial charge in [-0.2, -0.15) is 0 Å². The van der Waals surface area contributed by atoms with Gasteiger partial charge in [-0.05, 0) is 84.5 Å². The first-order valence-corrected chi connectivity index (χ1v) is 14.3. The van der Waals surface area contributed by atoms with Gasteiger partial charge in [0.05, 0.1) is 0 Å². The fraction of sp³-hybridized carbons (Fsp3) is 0.0238. The summed E-state index contributed by atoms with van der Waals surface area (Å²) in [7, 11) is 0. The molecule has 5 aromatic carbocycles. The molecule has 208 valence electrons. The van der Waals surface area contributed by atoms with Crippen LogP contribution in [-0.2, 0) is 0 Å². The normalized spacial score (nSPS) is 11.1. The van der Waals surface area contributed by atoms with Crippen molar-refractivity contribution in [2.45, 2.75) is 6.92 Å². The predicted octanol–water partition coefficient (Wildman–Crippen LogP) is 12.0. The van der Waals surface area contributed by atoms with E-state index in [-0.39, 0.29) is 0 Å². The van der Waals surface area contributed by atoms with Crippen LogP contribution in [0.5, 0.6) is 0 Å². The van der Waals surface area contributed by atoms with E-state index in [1.165, 1.54) is 6.21 Å². The molecule has 0 radical (unpaired) electrons. The Hall–Kier alpha value is -5.53. The van der Waals surface area contributed by atoms with E-state index in [0.717, 1.165) is 83.1 Å². The lowest BCUT2D eigenvalue weighted by atomic mass is 9.80. The van der Waals surface area contributed by atoms with Crippen LogP contribution in [0.3, 0.4) is 0 Å². The Kier molecular flexibility index (Phi) is 8.46. The van der Waals surface area contributed by atoms with Crippen molar-refractivity contribution in [1.82, 2.24) is 0 Å². The zero-order valence-corrected chi connectivity index (χ0v) is 24.7. The van der Waals surface area contributed by atoms with E-state index >= 15 is 0 Å². The first-order chi connectivity index (χ1) is 21.0. The Bertz CT molecular complexity index is 1950. The molecular weight excluding hydrogens is 518 g/mol. The van der Waals surface area contributed by atoms with Crippen LogP contribution in [0.25, 0.3) is 74.0 Å². The highest BCUT2D eigenvalue weighted by Gasteiger charge is 2.21. The molecule has 43 heavy (non-hydrogen) atoms. The van der Waals surface area contributed by atoms with Crippen LogP contribution in [-0.4, -0.2) is 6.21 Å². The van der Waals surface area contributed by atoms with E-state index in [0.29, 0.717) is 0 Å². The van der Waals surface area contributed by atoms with Crippen molar-refractivity contribution < 1.29 is 0 Å². The molecular formula is C42H35N. The van der Waals surface area contributed by atoms with Crippen molar-refractivity contribution in [2.75, 3.05) is 0 Å². The second-order valence-electron chi connectivity index (χ2n) is 10.5. The maximum atomic E-state index is 7.89. The predicted molar refractivity (Wildman–Crippen MR) is 192 cm³/mol. The number of rotatable bonds is 10. The molecule has 0 aliphatic heterocycles. The second-order valence-corrected chi connectivity index (χ2v) is 10.5. The highest BCUT2D eigenvalue weighted by molar-refractivity contribution is 6.13. The van der Waals surface area contributed by atoms with E-state index in [4.69, 9.17) is 5.41 Å². The molecule has 0 atom stereocenters. The molecule has 5 aromatic rings. The number of hydrogen-bond donors (Lipinski definition) is 1. The third-order valence-corrected chi connectivity index (χ3v) is 7.82. The van der Waals surface area contributed by atoms with Crippen LogP contribution in [0.15, 0.2) is 136 Å². The largest absolute Gasteiger partial charge is 0.308 e. The maximum absolute atomic E-state index is 7.89. The summed E-state index contributed by atoms with van der Waals surface area (Å²) >= 11 is 0. The monoisotopic (exact) mass is 553 g/mol. The van der Waals surface area contributed by atoms with Gasteiger partial charge in [0.25, 0.3) is 0 Å². The lowest BCUT2D eigenvalue weighted by molar-refractivity contribution is 1.52. The number of nitrogens with one attached hydrogen (secondary N) is 1. The van der Waals surface area contributed by atoms with E-state index < -0.39 is 0 Å². The van der Waals surface area contributed by atoms with Crippen molar-refractivity contribution in [3.8, 4) is 33.4 Å². The van der Waals surface area contributed by atoms with Crippen LogP contribution in [0.2, 0.25) is 0 Å². The van der Waals surface area contributed by atoms with Crippen molar-refractivity contribution in [1.29, 1.82) is 5.41 Å². The van der Waals surface area contributed by atoms with Gasteiger partial charge >= 0.3 is 0 Å². The topological polar surface area (TPSA) is 23.9 Å². The van der Waals surface area contributed by atoms with Gasteiger partial charge in [0, 0.05) is 6.21 Å². The molecule has 0 spiro atoms. The summed E-state index contributed by atoms with van der Waals surface area (Å²) in [5, 5.41) is 10.1. The molecule has 1 nitrogen and oxygen atoms in total. The molecule has 0 heterocycles. The highest BCUT2D eigenvalue weighted by Crippen LogP contribution is 2.46. The Morgan fingerprint density at radius 3 is 1.63 bits per heavy atom. The Morgan fingerprint density at radius 2 is 1.07 bits per heavy atom. The molecule has 1 heteroatoms. The fourth-order valence-electron chi connectivity index (χ4n) is 5.97. The molecule has 0 unspecified atom stereocenters. The average Bonchev–Trinajstić information content (AvgIpc) is 3.05. The third-order valence-electron chi connectivity index (χ3n) is 7.82. The van der Waals surface area contributed by atoms with Crippen LogP contribution >= 0.6 is 0 Å². The van der Waals surface area contributed by atoms with Crippen LogP contribution in [0.1, 0.15) is 34.7 Å². The molecule has 0 saturated carbocycles. The quantitative estimate of drug-likeness (QED) is 0.131. The fourth-order valence-corrected chi connectivity index (χ4v) is 5.97. The van der Waals surface area contributed by atoms with E-state index in [9.17, 15) is 0 Å². The maximum Gasteiger partial charge on any atom is 0.0256 e. The van der Waals surface area contributed by atoms with Crippen LogP contribution < -0.4 is 0 Å². The van der Waals surface area contributed by atoms with E-state index in [1.807, 2.05) is 43.4 Å². The molecule has 1 N–H and O–H groups in total. The zero-order valence-electron chi connectivity index (χ0n) is 24.7. The second kappa shape index (κ2) is 12.5. The van der Waals surface area contributed by atoms with Gasteiger partial charge in [-0.3, -0.25) is 0 Å². The Labute approximate surface area is 255 Å². The summed E-state index contributed by atoms with van der Waals surface area (Å²) in [4.78, 5) is 0. The standard InChI is InChI=1S/C42H35N/c1-7-33-34(8-2)40(25-24-37(33)30-16-12-11-13-17-30)42-36(10-4)35(9-3)41(38-18-14-15-19-39(38)42)31-22-20-29(21-23-31)32(27-43)26-28(5)6/h7-27,43H,1-5H2,6H3/b32-26+,43-27?. The van der Waals surface area contributed by atoms with Gasteiger partial charge in [0.2, 0.25) is 0 Å². The van der Waals surface area contributed by atoms with Gasteiger partial charge in [-0.25, -0.2) is 0 Å². The van der Waals surface area contributed by atoms with Crippen LogP contribution in [0.4, 0.5) is 0 Å². The van der Waals surface area contributed by atoms with E-state index in [2.05, 4.69) is 118 Å². The summed E-state index contributed by atoms with van der Waals surface area (Å²) in [5.74, 6) is 0. The van der Waals surface area contributed by atoms with Gasteiger partial charge in [-0.15, -0.1) is 0 Å². The highest BCUT2D eigenvalue weighted by atomic mass is 14.3. The first-order valence-electron chi connectivity index (χ1n) is 14.3. The minimum atomic E-state index is 0.823. The lowest BCUT2D eigenvalue weighted by Crippen LogP contribution is -1.99. The number of hydrogen-bond acceptors (Lipinski definition) is 1. The number of allylic oxidation sites excluding steroid dienone is 3. The molecule has 5 rings (SSSR count). The molecule has 0 bridgehead atoms. The van der Waals surface area contributed by atoms with Gasteiger partial charge in [0.1, 0.15) is 0 Å². The Morgan fingerprint density at radius 1 is 0.558 bits per heavy atom. The molecule has 0 aliphatic carbocycles. The van der Waals surface area contributed by atoms with Gasteiger partial charge in [0.15, 0.2) is 0 Å². The van der Waals surface area contributed by atoms with Crippen molar-refractivity contribution in [3.63, 3.8) is 0 Å². The summed E-state index contributed by atoms with van der Waals surface area (Å²) in [6.45, 7) is 22.9. The van der Waals surface area contributed by atoms with Crippen molar-refractivity contribution >= 4 is 46.9 Å². The minimum absolute atomic E-state index is 0.823. The summed E-state index contributed by atoms with van der Waals surface area (Å²) in [6.07, 6.45) is 11.0.